The molecule has 11 rings (SSSR count). The van der Waals surface area contributed by atoms with Gasteiger partial charge in [-0.3, -0.25) is 0 Å². The third kappa shape index (κ3) is 4.96. The zero-order valence-electron chi connectivity index (χ0n) is 29.4. The predicted octanol–water partition coefficient (Wildman–Crippen LogP) is 14.1. The average Bonchev–Trinajstić information content (AvgIpc) is 3.24. The first kappa shape index (κ1) is 30.5. The van der Waals surface area contributed by atoms with Crippen molar-refractivity contribution in [2.75, 3.05) is 0 Å². The topological polar surface area (TPSA) is 25.8 Å². The van der Waals surface area contributed by atoms with Crippen molar-refractivity contribution in [2.45, 2.75) is 0 Å². The Bertz CT molecular complexity index is 3210. The van der Waals surface area contributed by atoms with Crippen molar-refractivity contribution in [3.63, 3.8) is 0 Å². The van der Waals surface area contributed by atoms with Gasteiger partial charge < -0.3 is 0 Å². The molecule has 2 nitrogen and oxygen atoms in total. The maximum absolute atomic E-state index is 5.50. The Kier molecular flexibility index (Phi) is 6.90. The van der Waals surface area contributed by atoms with Crippen LogP contribution >= 0.6 is 0 Å². The molecule has 2 heteroatoms. The number of aromatic nitrogens is 2. The number of hydrogen-bond donors (Lipinski definition) is 0. The monoisotopic (exact) mass is 684 g/mol. The molecule has 0 amide bonds. The van der Waals surface area contributed by atoms with E-state index in [9.17, 15) is 0 Å². The van der Waals surface area contributed by atoms with Crippen molar-refractivity contribution in [1.29, 1.82) is 0 Å². The third-order valence-corrected chi connectivity index (χ3v) is 11.0. The van der Waals surface area contributed by atoms with Gasteiger partial charge in [-0.15, -0.1) is 0 Å². The molecule has 11 aromatic rings. The van der Waals surface area contributed by atoms with Crippen molar-refractivity contribution >= 4 is 65.0 Å². The van der Waals surface area contributed by atoms with E-state index in [1.54, 1.807) is 0 Å². The molecule has 0 aliphatic rings. The van der Waals surface area contributed by atoms with Crippen LogP contribution in [0, 0.1) is 0 Å². The minimum atomic E-state index is 0.949. The van der Waals surface area contributed by atoms with E-state index in [4.69, 9.17) is 9.97 Å². The molecular weight excluding hydrogens is 653 g/mol. The van der Waals surface area contributed by atoms with Crippen molar-refractivity contribution < 1.29 is 0 Å². The largest absolute Gasteiger partial charge is 0.248 e. The number of benzene rings is 9. The van der Waals surface area contributed by atoms with Gasteiger partial charge in [0.15, 0.2) is 0 Å². The number of nitrogens with zero attached hydrogens (tertiary/aromatic N) is 2. The lowest BCUT2D eigenvalue weighted by Gasteiger charge is -2.17. The fraction of sp³-hybridized carbons (Fsp3) is 0. The Morgan fingerprint density at radius 3 is 1.35 bits per heavy atom. The molecular formula is C52H32N2. The van der Waals surface area contributed by atoms with Crippen molar-refractivity contribution in [3.8, 4) is 44.6 Å². The van der Waals surface area contributed by atoms with Crippen LogP contribution in [0.1, 0.15) is 0 Å². The Labute approximate surface area is 312 Å². The lowest BCUT2D eigenvalue weighted by molar-refractivity contribution is 1.41. The number of pyridine rings is 2. The van der Waals surface area contributed by atoms with Gasteiger partial charge in [0.2, 0.25) is 0 Å². The Balaban J connectivity index is 1.15. The van der Waals surface area contributed by atoms with E-state index >= 15 is 0 Å². The summed E-state index contributed by atoms with van der Waals surface area (Å²) < 4.78 is 0. The molecule has 54 heavy (non-hydrogen) atoms. The molecule has 0 atom stereocenters. The zero-order valence-corrected chi connectivity index (χ0v) is 29.4. The highest BCUT2D eigenvalue weighted by Crippen LogP contribution is 2.42. The number of para-hydroxylation sites is 2. The van der Waals surface area contributed by atoms with Gasteiger partial charge in [0.1, 0.15) is 0 Å². The summed E-state index contributed by atoms with van der Waals surface area (Å²) in [5, 5.41) is 10.7. The highest BCUT2D eigenvalue weighted by atomic mass is 14.7. The molecule has 0 unspecified atom stereocenters. The minimum absolute atomic E-state index is 0.949. The SMILES string of the molecule is c1ccc2cc(-c3cc4c(-c5ccc6ccccc6c5)cc(-c5ccc(-c6c7ccccc7nc7ccccc67)cc5)nc4c4ccccc34)ccc2c1. The van der Waals surface area contributed by atoms with Crippen molar-refractivity contribution in [1.82, 2.24) is 9.97 Å². The fourth-order valence-electron chi connectivity index (χ4n) is 8.35. The van der Waals surface area contributed by atoms with Crippen LogP contribution in [0.3, 0.4) is 0 Å². The highest BCUT2D eigenvalue weighted by molar-refractivity contribution is 6.17. The molecule has 250 valence electrons. The molecule has 2 aromatic heterocycles. The van der Waals surface area contributed by atoms with Crippen LogP contribution in [-0.4, -0.2) is 9.97 Å². The van der Waals surface area contributed by atoms with Crippen LogP contribution in [-0.2, 0) is 0 Å². The summed E-state index contributed by atoms with van der Waals surface area (Å²) in [4.78, 5) is 10.5. The van der Waals surface area contributed by atoms with E-state index < -0.39 is 0 Å². The quantitative estimate of drug-likeness (QED) is 0.136. The van der Waals surface area contributed by atoms with Gasteiger partial charge in [-0.2, -0.15) is 0 Å². The molecule has 0 bridgehead atoms. The van der Waals surface area contributed by atoms with Crippen molar-refractivity contribution in [3.05, 3.63) is 194 Å². The Morgan fingerprint density at radius 1 is 0.278 bits per heavy atom. The first-order valence-corrected chi connectivity index (χ1v) is 18.5. The first-order chi connectivity index (χ1) is 26.7. The molecule has 0 fully saturated rings. The molecule has 0 saturated carbocycles. The van der Waals surface area contributed by atoms with Crippen molar-refractivity contribution in [2.24, 2.45) is 0 Å². The summed E-state index contributed by atoms with van der Waals surface area (Å²) in [6.07, 6.45) is 0. The van der Waals surface area contributed by atoms with Gasteiger partial charge >= 0.3 is 0 Å². The van der Waals surface area contributed by atoms with E-state index in [0.717, 1.165) is 54.9 Å². The maximum Gasteiger partial charge on any atom is 0.0794 e. The summed E-state index contributed by atoms with van der Waals surface area (Å²) in [5.74, 6) is 0. The molecule has 2 heterocycles. The highest BCUT2D eigenvalue weighted by Gasteiger charge is 2.17. The summed E-state index contributed by atoms with van der Waals surface area (Å²) in [7, 11) is 0. The second-order valence-electron chi connectivity index (χ2n) is 14.1. The number of hydrogen-bond acceptors (Lipinski definition) is 2. The molecule has 0 spiro atoms. The van der Waals surface area contributed by atoms with E-state index in [-0.39, 0.29) is 0 Å². The maximum atomic E-state index is 5.50. The third-order valence-electron chi connectivity index (χ3n) is 11.0. The van der Waals surface area contributed by atoms with E-state index in [0.29, 0.717) is 0 Å². The summed E-state index contributed by atoms with van der Waals surface area (Å²) in [6.45, 7) is 0. The van der Waals surface area contributed by atoms with E-state index in [1.807, 2.05) is 0 Å². The van der Waals surface area contributed by atoms with Crippen LogP contribution in [0.25, 0.3) is 110 Å². The van der Waals surface area contributed by atoms with Crippen LogP contribution in [0.15, 0.2) is 194 Å². The molecule has 0 aliphatic heterocycles. The summed E-state index contributed by atoms with van der Waals surface area (Å²) in [5.41, 5.74) is 12.2. The predicted molar refractivity (Wildman–Crippen MR) is 229 cm³/mol. The first-order valence-electron chi connectivity index (χ1n) is 18.5. The molecule has 0 saturated heterocycles. The minimum Gasteiger partial charge on any atom is -0.248 e. The molecule has 0 N–H and O–H groups in total. The van der Waals surface area contributed by atoms with Crippen LogP contribution in [0.2, 0.25) is 0 Å². The van der Waals surface area contributed by atoms with Gasteiger partial charge in [0, 0.05) is 32.7 Å². The van der Waals surface area contributed by atoms with Crippen LogP contribution in [0.4, 0.5) is 0 Å². The van der Waals surface area contributed by atoms with E-state index in [2.05, 4.69) is 194 Å². The lowest BCUT2D eigenvalue weighted by atomic mass is 9.89. The average molecular weight is 685 g/mol. The number of rotatable bonds is 4. The van der Waals surface area contributed by atoms with Gasteiger partial charge in [0.05, 0.1) is 22.2 Å². The molecule has 0 aliphatic carbocycles. The number of fused-ring (bicyclic) bond motifs is 7. The van der Waals surface area contributed by atoms with E-state index in [1.165, 1.54) is 54.7 Å². The lowest BCUT2D eigenvalue weighted by Crippen LogP contribution is -1.94. The Hall–Kier alpha value is -7.16. The van der Waals surface area contributed by atoms with Gasteiger partial charge in [-0.05, 0) is 91.1 Å². The van der Waals surface area contributed by atoms with Gasteiger partial charge in [-0.1, -0.05) is 158 Å². The standard InChI is InChI=1S/C52H32N2/c1-3-13-37-29-39(27-21-33(37)11-1)45-31-47-46(40-28-22-34-12-2-4-14-38(34)30-40)32-50(54-52(47)42-16-6-5-15-41(42)45)35-23-25-36(26-24-35)51-43-17-7-9-19-48(43)53-49-20-10-8-18-44(49)51/h1-32H. The second kappa shape index (κ2) is 12.2. The van der Waals surface area contributed by atoms with Gasteiger partial charge in [0.25, 0.3) is 0 Å². The molecule has 9 aromatic carbocycles. The fourth-order valence-corrected chi connectivity index (χ4v) is 8.35. The Morgan fingerprint density at radius 2 is 0.741 bits per heavy atom. The normalized spacial score (nSPS) is 11.7. The van der Waals surface area contributed by atoms with Gasteiger partial charge in [-0.25, -0.2) is 9.97 Å². The molecule has 0 radical (unpaired) electrons. The van der Waals surface area contributed by atoms with Crippen LogP contribution in [0.5, 0.6) is 0 Å². The zero-order chi connectivity index (χ0) is 35.6. The summed E-state index contributed by atoms with van der Waals surface area (Å²) >= 11 is 0. The van der Waals surface area contributed by atoms with Crippen LogP contribution < -0.4 is 0 Å². The second-order valence-corrected chi connectivity index (χ2v) is 14.1. The summed E-state index contributed by atoms with van der Waals surface area (Å²) in [6, 6.07) is 70.0. The smallest absolute Gasteiger partial charge is 0.0794 e.